The number of phenolic OH excluding ortho intramolecular Hbond substituents is 1. The number of anilines is 1. The van der Waals surface area contributed by atoms with Crippen LogP contribution in [0.3, 0.4) is 0 Å². The first-order valence-corrected chi connectivity index (χ1v) is 8.12. The van der Waals surface area contributed by atoms with Crippen molar-refractivity contribution < 1.29 is 18.3 Å². The minimum Gasteiger partial charge on any atom is -0.506 e. The maximum Gasteiger partial charge on any atom is 0.240 e. The molecule has 4 N–H and O–H groups in total. The number of phenols is 1. The summed E-state index contributed by atoms with van der Waals surface area (Å²) < 4.78 is 32.4. The standard InChI is InChI=1S/C13H20N2O4S/c1-2-13-9(5-6-19-13)8-15-20(17,18)10-3-4-12(16)11(14)7-10/h3-4,7,9,13,15-16H,2,5-6,8,14H2,1H3. The van der Waals surface area contributed by atoms with Crippen molar-refractivity contribution in [3.05, 3.63) is 18.2 Å². The van der Waals surface area contributed by atoms with Crippen LogP contribution in [0, 0.1) is 5.92 Å². The van der Waals surface area contributed by atoms with Gasteiger partial charge in [-0.3, -0.25) is 0 Å². The van der Waals surface area contributed by atoms with Crippen molar-refractivity contribution in [1.29, 1.82) is 0 Å². The largest absolute Gasteiger partial charge is 0.506 e. The van der Waals surface area contributed by atoms with Gasteiger partial charge in [-0.05, 0) is 31.0 Å². The SMILES string of the molecule is CCC1OCCC1CNS(=O)(=O)c1ccc(O)c(N)c1. The summed E-state index contributed by atoms with van der Waals surface area (Å²) in [6.07, 6.45) is 1.85. The summed E-state index contributed by atoms with van der Waals surface area (Å²) in [5, 5.41) is 9.32. The molecule has 0 amide bonds. The number of sulfonamides is 1. The molecule has 0 spiro atoms. The van der Waals surface area contributed by atoms with Gasteiger partial charge < -0.3 is 15.6 Å². The van der Waals surface area contributed by atoms with Crippen molar-refractivity contribution in [3.8, 4) is 5.75 Å². The van der Waals surface area contributed by atoms with E-state index in [4.69, 9.17) is 10.5 Å². The Labute approximate surface area is 119 Å². The highest BCUT2D eigenvalue weighted by Crippen LogP contribution is 2.25. The molecule has 2 rings (SSSR count). The molecule has 7 heteroatoms. The molecule has 0 bridgehead atoms. The molecule has 1 aliphatic rings. The quantitative estimate of drug-likeness (QED) is 0.557. The zero-order valence-electron chi connectivity index (χ0n) is 11.4. The minimum absolute atomic E-state index is 0.0449. The summed E-state index contributed by atoms with van der Waals surface area (Å²) in [5.41, 5.74) is 5.56. The molecule has 1 heterocycles. The summed E-state index contributed by atoms with van der Waals surface area (Å²) >= 11 is 0. The van der Waals surface area contributed by atoms with Crippen LogP contribution in [0.5, 0.6) is 5.75 Å². The van der Waals surface area contributed by atoms with Gasteiger partial charge in [0.15, 0.2) is 0 Å². The van der Waals surface area contributed by atoms with E-state index in [0.29, 0.717) is 13.2 Å². The second kappa shape index (κ2) is 5.99. The number of ether oxygens (including phenoxy) is 1. The topological polar surface area (TPSA) is 102 Å². The van der Waals surface area contributed by atoms with E-state index in [-0.39, 0.29) is 28.4 Å². The van der Waals surface area contributed by atoms with E-state index in [9.17, 15) is 13.5 Å². The first-order valence-electron chi connectivity index (χ1n) is 6.64. The normalized spacial score (nSPS) is 23.1. The number of nitrogens with two attached hydrogens (primary N) is 1. The Hall–Kier alpha value is -1.31. The van der Waals surface area contributed by atoms with Crippen LogP contribution in [0.2, 0.25) is 0 Å². The van der Waals surface area contributed by atoms with Gasteiger partial charge in [0.05, 0.1) is 16.7 Å². The Morgan fingerprint density at radius 2 is 2.25 bits per heavy atom. The number of hydrogen-bond acceptors (Lipinski definition) is 5. The molecule has 0 saturated carbocycles. The number of benzene rings is 1. The maximum absolute atomic E-state index is 12.2. The van der Waals surface area contributed by atoms with E-state index in [2.05, 4.69) is 4.72 Å². The van der Waals surface area contributed by atoms with Gasteiger partial charge in [-0.1, -0.05) is 6.92 Å². The average molecular weight is 300 g/mol. The monoisotopic (exact) mass is 300 g/mol. The highest BCUT2D eigenvalue weighted by molar-refractivity contribution is 7.89. The Morgan fingerprint density at radius 1 is 1.50 bits per heavy atom. The van der Waals surface area contributed by atoms with E-state index >= 15 is 0 Å². The molecule has 2 unspecified atom stereocenters. The lowest BCUT2D eigenvalue weighted by molar-refractivity contribution is 0.0884. The van der Waals surface area contributed by atoms with Gasteiger partial charge in [-0.25, -0.2) is 13.1 Å². The summed E-state index contributed by atoms with van der Waals surface area (Å²) in [4.78, 5) is 0.0553. The highest BCUT2D eigenvalue weighted by atomic mass is 32.2. The van der Waals surface area contributed by atoms with Gasteiger partial charge in [-0.15, -0.1) is 0 Å². The molecule has 1 fully saturated rings. The molecular formula is C13H20N2O4S. The molecule has 1 saturated heterocycles. The summed E-state index contributed by atoms with van der Waals surface area (Å²) in [5.74, 6) is 0.0726. The zero-order chi connectivity index (χ0) is 14.8. The van der Waals surface area contributed by atoms with E-state index in [1.165, 1.54) is 18.2 Å². The molecule has 20 heavy (non-hydrogen) atoms. The third-order valence-electron chi connectivity index (χ3n) is 3.59. The second-order valence-electron chi connectivity index (χ2n) is 4.94. The van der Waals surface area contributed by atoms with Crippen LogP contribution < -0.4 is 10.5 Å². The fourth-order valence-corrected chi connectivity index (χ4v) is 3.51. The predicted octanol–water partition coefficient (Wildman–Crippen LogP) is 1.07. The lowest BCUT2D eigenvalue weighted by atomic mass is 10.0. The van der Waals surface area contributed by atoms with Crippen LogP contribution in [-0.4, -0.2) is 32.8 Å². The first-order chi connectivity index (χ1) is 9.44. The summed E-state index contributed by atoms with van der Waals surface area (Å²) in [7, 11) is -3.62. The van der Waals surface area contributed by atoms with Gasteiger partial charge in [0.2, 0.25) is 10.0 Å². The predicted molar refractivity (Wildman–Crippen MR) is 75.8 cm³/mol. The van der Waals surface area contributed by atoms with Crippen LogP contribution in [-0.2, 0) is 14.8 Å². The van der Waals surface area contributed by atoms with Crippen LogP contribution >= 0.6 is 0 Å². The second-order valence-corrected chi connectivity index (χ2v) is 6.71. The third-order valence-corrected chi connectivity index (χ3v) is 5.01. The molecular weight excluding hydrogens is 280 g/mol. The minimum atomic E-state index is -3.62. The number of nitrogens with one attached hydrogen (secondary N) is 1. The number of aromatic hydroxyl groups is 1. The smallest absolute Gasteiger partial charge is 0.240 e. The number of rotatable bonds is 5. The van der Waals surface area contributed by atoms with Crippen LogP contribution in [0.1, 0.15) is 19.8 Å². The van der Waals surface area contributed by atoms with E-state index in [1.807, 2.05) is 6.92 Å². The molecule has 0 aromatic heterocycles. The van der Waals surface area contributed by atoms with Crippen LogP contribution in [0.15, 0.2) is 23.1 Å². The fraction of sp³-hybridized carbons (Fsp3) is 0.538. The van der Waals surface area contributed by atoms with Gasteiger partial charge in [0, 0.05) is 19.1 Å². The van der Waals surface area contributed by atoms with Gasteiger partial charge in [0.1, 0.15) is 5.75 Å². The van der Waals surface area contributed by atoms with Crippen molar-refractivity contribution in [3.63, 3.8) is 0 Å². The van der Waals surface area contributed by atoms with Crippen molar-refractivity contribution in [2.45, 2.75) is 30.8 Å². The van der Waals surface area contributed by atoms with Crippen molar-refractivity contribution in [2.24, 2.45) is 5.92 Å². The summed E-state index contributed by atoms with van der Waals surface area (Å²) in [6.45, 7) is 3.05. The average Bonchev–Trinajstić information content (AvgIpc) is 2.87. The number of hydrogen-bond donors (Lipinski definition) is 3. The van der Waals surface area contributed by atoms with E-state index in [1.54, 1.807) is 0 Å². The summed E-state index contributed by atoms with van der Waals surface area (Å²) in [6, 6.07) is 3.86. The van der Waals surface area contributed by atoms with Gasteiger partial charge in [0.25, 0.3) is 0 Å². The Morgan fingerprint density at radius 3 is 2.90 bits per heavy atom. The lowest BCUT2D eigenvalue weighted by Crippen LogP contribution is -2.32. The molecule has 6 nitrogen and oxygen atoms in total. The van der Waals surface area contributed by atoms with Gasteiger partial charge in [-0.2, -0.15) is 0 Å². The Balaban J connectivity index is 2.05. The molecule has 1 aromatic carbocycles. The first kappa shape index (κ1) is 15.1. The number of nitrogen functional groups attached to an aromatic ring is 1. The van der Waals surface area contributed by atoms with Crippen molar-refractivity contribution in [1.82, 2.24) is 4.72 Å². The van der Waals surface area contributed by atoms with Crippen LogP contribution in [0.25, 0.3) is 0 Å². The fourth-order valence-electron chi connectivity index (χ4n) is 2.38. The lowest BCUT2D eigenvalue weighted by Gasteiger charge is -2.17. The van der Waals surface area contributed by atoms with Crippen LogP contribution in [0.4, 0.5) is 5.69 Å². The molecule has 0 aliphatic carbocycles. The molecule has 112 valence electrons. The molecule has 2 atom stereocenters. The van der Waals surface area contributed by atoms with Gasteiger partial charge >= 0.3 is 0 Å². The Bertz CT molecular complexity index is 574. The van der Waals surface area contributed by atoms with Crippen molar-refractivity contribution >= 4 is 15.7 Å². The van der Waals surface area contributed by atoms with E-state index in [0.717, 1.165) is 12.8 Å². The van der Waals surface area contributed by atoms with E-state index < -0.39 is 10.0 Å². The highest BCUT2D eigenvalue weighted by Gasteiger charge is 2.28. The maximum atomic E-state index is 12.2. The zero-order valence-corrected chi connectivity index (χ0v) is 12.2. The Kier molecular flexibility index (Phi) is 4.52. The molecule has 1 aliphatic heterocycles. The molecule has 0 radical (unpaired) electrons. The van der Waals surface area contributed by atoms with Crippen molar-refractivity contribution in [2.75, 3.05) is 18.9 Å². The molecule has 1 aromatic rings. The third kappa shape index (κ3) is 3.23.